The highest BCUT2D eigenvalue weighted by Crippen LogP contribution is 2.35. The number of benzene rings is 1. The maximum Gasteiger partial charge on any atom is 0.266 e. The molecule has 2 aromatic rings. The fraction of sp³-hybridized carbons (Fsp3) is 0.222. The smallest absolute Gasteiger partial charge is 0.266 e. The predicted octanol–water partition coefficient (Wildman–Crippen LogP) is 4.91. The van der Waals surface area contributed by atoms with Crippen LogP contribution >= 0.6 is 50.3 Å². The number of rotatable bonds is 6. The normalized spacial score (nSPS) is 17.3. The highest BCUT2D eigenvalue weighted by molar-refractivity contribution is 14.1. The number of hydrogen-bond donors (Lipinski definition) is 0. The molecule has 0 radical (unpaired) electrons. The molecule has 0 saturated carbocycles. The van der Waals surface area contributed by atoms with Gasteiger partial charge < -0.3 is 13.9 Å². The number of thioether (sulfide) groups is 1. The molecule has 9 heteroatoms. The van der Waals surface area contributed by atoms with E-state index in [0.29, 0.717) is 29.0 Å². The van der Waals surface area contributed by atoms with Crippen LogP contribution in [-0.4, -0.2) is 43.3 Å². The maximum atomic E-state index is 12.8. The van der Waals surface area contributed by atoms with Gasteiger partial charge in [-0.3, -0.25) is 9.69 Å². The summed E-state index contributed by atoms with van der Waals surface area (Å²) in [5.74, 6) is 1.25. The molecule has 142 valence electrons. The van der Waals surface area contributed by atoms with E-state index >= 15 is 0 Å². The van der Waals surface area contributed by atoms with Gasteiger partial charge in [0.25, 0.3) is 5.91 Å². The zero-order valence-corrected chi connectivity index (χ0v) is 19.1. The molecule has 2 heterocycles. The van der Waals surface area contributed by atoms with E-state index in [1.807, 2.05) is 30.3 Å². The minimum atomic E-state index is -0.119. The lowest BCUT2D eigenvalue weighted by atomic mass is 10.3. The number of halogens is 2. The molecular weight excluding hydrogens is 547 g/mol. The SMILES string of the molecule is COCCN1C(=O)/C(=C/c2cc(Br)c(I)o2)SC1=Nc1ccc(OC)cc1. The van der Waals surface area contributed by atoms with E-state index in [1.54, 1.807) is 25.2 Å². The third kappa shape index (κ3) is 4.95. The number of nitrogens with zero attached hydrogens (tertiary/aromatic N) is 2. The van der Waals surface area contributed by atoms with E-state index < -0.39 is 0 Å². The van der Waals surface area contributed by atoms with E-state index in [4.69, 9.17) is 13.9 Å². The molecule has 1 aromatic heterocycles. The number of methoxy groups -OCH3 is 2. The molecule has 0 aliphatic carbocycles. The molecule has 0 atom stereocenters. The molecule has 3 rings (SSSR count). The number of hydrogen-bond acceptors (Lipinski definition) is 6. The summed E-state index contributed by atoms with van der Waals surface area (Å²) < 4.78 is 17.5. The highest BCUT2D eigenvalue weighted by Gasteiger charge is 2.33. The average molecular weight is 563 g/mol. The van der Waals surface area contributed by atoms with Gasteiger partial charge in [0.05, 0.1) is 35.3 Å². The Balaban J connectivity index is 1.90. The van der Waals surface area contributed by atoms with Crippen molar-refractivity contribution in [1.82, 2.24) is 4.90 Å². The Bertz CT molecular complexity index is 876. The van der Waals surface area contributed by atoms with Crippen molar-refractivity contribution >= 4 is 73.1 Å². The first-order valence-electron chi connectivity index (χ1n) is 7.89. The summed E-state index contributed by atoms with van der Waals surface area (Å²) in [6.07, 6.45) is 1.73. The second-order valence-electron chi connectivity index (χ2n) is 5.42. The second kappa shape index (κ2) is 9.26. The molecule has 1 aliphatic heterocycles. The topological polar surface area (TPSA) is 64.3 Å². The quantitative estimate of drug-likeness (QED) is 0.370. The third-order valence-corrected chi connectivity index (χ3v) is 6.78. The Morgan fingerprint density at radius 1 is 1.33 bits per heavy atom. The fourth-order valence-corrected chi connectivity index (χ4v) is 4.02. The van der Waals surface area contributed by atoms with Gasteiger partial charge in [0.2, 0.25) is 0 Å². The summed E-state index contributed by atoms with van der Waals surface area (Å²) >= 11 is 6.82. The van der Waals surface area contributed by atoms with Gasteiger partial charge in [-0.05, 0) is 58.0 Å². The number of ether oxygens (including phenoxy) is 2. The Morgan fingerprint density at radius 2 is 2.07 bits per heavy atom. The highest BCUT2D eigenvalue weighted by atomic mass is 127. The number of aliphatic imine (C=N–C) groups is 1. The first-order valence-corrected chi connectivity index (χ1v) is 10.6. The van der Waals surface area contributed by atoms with E-state index in [0.717, 1.165) is 19.7 Å². The van der Waals surface area contributed by atoms with Gasteiger partial charge in [0.1, 0.15) is 11.5 Å². The number of furan rings is 1. The molecular formula is C18H16BrIN2O4S. The van der Waals surface area contributed by atoms with Gasteiger partial charge in [0.15, 0.2) is 8.93 Å². The van der Waals surface area contributed by atoms with Gasteiger partial charge in [-0.2, -0.15) is 0 Å². The Hall–Kier alpha value is -1.30. The zero-order valence-electron chi connectivity index (χ0n) is 14.6. The Kier molecular flexibility index (Phi) is 7.01. The summed E-state index contributed by atoms with van der Waals surface area (Å²) in [7, 11) is 3.22. The standard InChI is InChI=1S/C18H16BrIN2O4S/c1-24-8-7-22-17(23)15(10-13-9-14(19)16(20)26-13)27-18(22)21-11-3-5-12(25-2)6-4-11/h3-6,9-10H,7-8H2,1-2H3/b15-10-,21-18?. The van der Waals surface area contributed by atoms with Crippen LogP contribution < -0.4 is 4.74 Å². The summed E-state index contributed by atoms with van der Waals surface area (Å²) in [6, 6.07) is 9.19. The second-order valence-corrected chi connectivity index (χ2v) is 8.27. The lowest BCUT2D eigenvalue weighted by Crippen LogP contribution is -2.32. The summed E-state index contributed by atoms with van der Waals surface area (Å²) in [4.78, 5) is 19.6. The molecule has 1 fully saturated rings. The van der Waals surface area contributed by atoms with Crippen LogP contribution in [0.1, 0.15) is 5.76 Å². The molecule has 0 N–H and O–H groups in total. The number of carbonyl (C=O) groups excluding carboxylic acids is 1. The van der Waals surface area contributed by atoms with Crippen LogP contribution in [-0.2, 0) is 9.53 Å². The van der Waals surface area contributed by atoms with E-state index in [1.165, 1.54) is 11.8 Å². The zero-order chi connectivity index (χ0) is 19.4. The van der Waals surface area contributed by atoms with Gasteiger partial charge >= 0.3 is 0 Å². The minimum absolute atomic E-state index is 0.119. The van der Waals surface area contributed by atoms with Crippen LogP contribution in [0, 0.1) is 3.77 Å². The first kappa shape index (κ1) is 20.4. The van der Waals surface area contributed by atoms with Crippen LogP contribution in [0.2, 0.25) is 0 Å². The summed E-state index contributed by atoms with van der Waals surface area (Å²) in [5.41, 5.74) is 0.741. The van der Waals surface area contributed by atoms with Gasteiger partial charge in [-0.1, -0.05) is 0 Å². The Morgan fingerprint density at radius 3 is 2.67 bits per heavy atom. The lowest BCUT2D eigenvalue weighted by Gasteiger charge is -2.14. The predicted molar refractivity (Wildman–Crippen MR) is 118 cm³/mol. The molecule has 27 heavy (non-hydrogen) atoms. The molecule has 1 aromatic carbocycles. The van der Waals surface area contributed by atoms with Crippen LogP contribution in [0.25, 0.3) is 6.08 Å². The fourth-order valence-electron chi connectivity index (χ4n) is 2.30. The van der Waals surface area contributed by atoms with Crippen molar-refractivity contribution < 1.29 is 18.7 Å². The monoisotopic (exact) mass is 562 g/mol. The van der Waals surface area contributed by atoms with E-state index in [-0.39, 0.29) is 5.91 Å². The van der Waals surface area contributed by atoms with Crippen molar-refractivity contribution in [3.8, 4) is 5.75 Å². The van der Waals surface area contributed by atoms with Crippen LogP contribution in [0.3, 0.4) is 0 Å². The molecule has 1 aliphatic rings. The average Bonchev–Trinajstić information content (AvgIpc) is 3.13. The largest absolute Gasteiger partial charge is 0.497 e. The first-order chi connectivity index (χ1) is 13.0. The van der Waals surface area contributed by atoms with Crippen LogP contribution in [0.4, 0.5) is 5.69 Å². The molecule has 1 saturated heterocycles. The number of amides is 1. The van der Waals surface area contributed by atoms with Gasteiger partial charge in [0, 0.05) is 35.8 Å². The Labute approximate surface area is 183 Å². The van der Waals surface area contributed by atoms with E-state index in [2.05, 4.69) is 43.5 Å². The maximum absolute atomic E-state index is 12.8. The van der Waals surface area contributed by atoms with Gasteiger partial charge in [-0.25, -0.2) is 4.99 Å². The van der Waals surface area contributed by atoms with Crippen molar-refractivity contribution in [2.75, 3.05) is 27.4 Å². The van der Waals surface area contributed by atoms with Gasteiger partial charge in [-0.15, -0.1) is 0 Å². The van der Waals surface area contributed by atoms with Crippen molar-refractivity contribution in [2.24, 2.45) is 4.99 Å². The van der Waals surface area contributed by atoms with E-state index in [9.17, 15) is 4.79 Å². The summed E-state index contributed by atoms with van der Waals surface area (Å²) in [6.45, 7) is 0.847. The van der Waals surface area contributed by atoms with Crippen molar-refractivity contribution in [3.63, 3.8) is 0 Å². The lowest BCUT2D eigenvalue weighted by molar-refractivity contribution is -0.122. The molecule has 0 bridgehead atoms. The van der Waals surface area contributed by atoms with Crippen molar-refractivity contribution in [2.45, 2.75) is 0 Å². The molecule has 6 nitrogen and oxygen atoms in total. The van der Waals surface area contributed by atoms with Crippen molar-refractivity contribution in [3.05, 3.63) is 49.2 Å². The summed E-state index contributed by atoms with van der Waals surface area (Å²) in [5, 5.41) is 0.605. The number of carbonyl (C=O) groups is 1. The molecule has 1 amide bonds. The molecule has 0 spiro atoms. The number of amidine groups is 1. The minimum Gasteiger partial charge on any atom is -0.497 e. The molecule has 0 unspecified atom stereocenters. The van der Waals surface area contributed by atoms with Crippen LogP contribution in [0.5, 0.6) is 5.75 Å². The van der Waals surface area contributed by atoms with Crippen molar-refractivity contribution in [1.29, 1.82) is 0 Å². The third-order valence-electron chi connectivity index (χ3n) is 3.64. The van der Waals surface area contributed by atoms with Crippen LogP contribution in [0.15, 0.2) is 49.1 Å².